The molecule has 0 aliphatic carbocycles. The lowest BCUT2D eigenvalue weighted by molar-refractivity contribution is -0.138. The highest BCUT2D eigenvalue weighted by molar-refractivity contribution is 5.97. The Kier molecular flexibility index (Phi) is 9.10. The molecule has 1 N–H and O–H groups in total. The Morgan fingerprint density at radius 3 is 2.63 bits per heavy atom. The summed E-state index contributed by atoms with van der Waals surface area (Å²) in [6, 6.07) is 9.61. The maximum absolute atomic E-state index is 14.1. The average Bonchev–Trinajstić information content (AvgIpc) is 3.50. The Morgan fingerprint density at radius 2 is 1.89 bits per heavy atom. The standard InChI is InChI=1S/C34H37F3N6O3/c1-3-23-19-42(32(45)14-22-5-6-24(28(13-22)34(35,36)37)18-41-11-9-38-10-12-41)20-26-15-27(17-39-33(23)26)46-31-7-8-40-43-21-25(16-29(31)43)30(44)4-2/h5-8,13,15-17,21,23,38H,3-4,9-12,14,18-20H2,1-2H3/t23-/m0/s1. The number of ether oxygens (including phenoxy) is 1. The number of carbonyl (C=O) groups is 2. The summed E-state index contributed by atoms with van der Waals surface area (Å²) >= 11 is 0. The molecule has 0 unspecified atom stereocenters. The van der Waals surface area contributed by atoms with Crippen molar-refractivity contribution in [1.82, 2.24) is 29.7 Å². The Labute approximate surface area is 265 Å². The van der Waals surface area contributed by atoms with Gasteiger partial charge in [-0.25, -0.2) is 4.52 Å². The molecule has 2 aliphatic heterocycles. The molecule has 1 amide bonds. The van der Waals surface area contributed by atoms with Crippen molar-refractivity contribution in [2.75, 3.05) is 32.7 Å². The number of carbonyl (C=O) groups excluding carboxylic acids is 2. The van der Waals surface area contributed by atoms with E-state index < -0.39 is 11.7 Å². The van der Waals surface area contributed by atoms with Crippen molar-refractivity contribution in [2.24, 2.45) is 0 Å². The Morgan fingerprint density at radius 1 is 1.09 bits per heavy atom. The number of hydrogen-bond donors (Lipinski definition) is 1. The molecule has 0 bridgehead atoms. The zero-order chi connectivity index (χ0) is 32.4. The lowest BCUT2D eigenvalue weighted by atomic mass is 9.92. The number of alkyl halides is 3. The van der Waals surface area contributed by atoms with Crippen molar-refractivity contribution in [2.45, 2.75) is 58.3 Å². The number of fused-ring (bicyclic) bond motifs is 2. The summed E-state index contributed by atoms with van der Waals surface area (Å²) in [6.45, 7) is 7.63. The van der Waals surface area contributed by atoms with E-state index in [0.717, 1.165) is 36.8 Å². The molecule has 1 aromatic carbocycles. The van der Waals surface area contributed by atoms with E-state index in [9.17, 15) is 22.8 Å². The van der Waals surface area contributed by atoms with Gasteiger partial charge in [-0.3, -0.25) is 19.5 Å². The lowest BCUT2D eigenvalue weighted by Gasteiger charge is -2.34. The van der Waals surface area contributed by atoms with Crippen LogP contribution < -0.4 is 10.1 Å². The maximum Gasteiger partial charge on any atom is 0.416 e. The molecule has 0 saturated carbocycles. The SMILES string of the molecule is CCC(=O)c1cc2c(Oc3cnc4c(c3)CN(C(=O)Cc3ccc(CN5CCNCC5)c(C(F)(F)F)c3)C[C@@H]4CC)ccnn2c1. The fourth-order valence-electron chi connectivity index (χ4n) is 6.28. The Hall–Kier alpha value is -4.29. The zero-order valence-electron chi connectivity index (χ0n) is 25.9. The second-order valence-corrected chi connectivity index (χ2v) is 11.9. The van der Waals surface area contributed by atoms with Crippen LogP contribution >= 0.6 is 0 Å². The number of pyridine rings is 1. The van der Waals surface area contributed by atoms with E-state index >= 15 is 0 Å². The first kappa shape index (κ1) is 31.7. The maximum atomic E-state index is 14.1. The molecule has 9 nitrogen and oxygen atoms in total. The van der Waals surface area contributed by atoms with E-state index in [-0.39, 0.29) is 42.7 Å². The molecule has 1 saturated heterocycles. The molecule has 4 aromatic rings. The number of halogens is 3. The summed E-state index contributed by atoms with van der Waals surface area (Å²) < 4.78 is 50.1. The van der Waals surface area contributed by atoms with Crippen LogP contribution in [0, 0.1) is 0 Å². The lowest BCUT2D eigenvalue weighted by Crippen LogP contribution is -2.43. The molecule has 242 valence electrons. The van der Waals surface area contributed by atoms with E-state index in [0.29, 0.717) is 54.2 Å². The van der Waals surface area contributed by atoms with Gasteiger partial charge in [0.15, 0.2) is 11.5 Å². The molecule has 5 heterocycles. The van der Waals surface area contributed by atoms with Crippen molar-refractivity contribution in [1.29, 1.82) is 0 Å². The van der Waals surface area contributed by atoms with Gasteiger partial charge in [-0.1, -0.05) is 26.0 Å². The summed E-state index contributed by atoms with van der Waals surface area (Å²) in [5, 5.41) is 7.50. The number of aromatic nitrogens is 3. The quantitative estimate of drug-likeness (QED) is 0.239. The van der Waals surface area contributed by atoms with Crippen molar-refractivity contribution in [3.8, 4) is 11.5 Å². The predicted octanol–water partition coefficient (Wildman–Crippen LogP) is 5.62. The number of rotatable bonds is 9. The third kappa shape index (κ3) is 6.78. The molecule has 0 spiro atoms. The van der Waals surface area contributed by atoms with Crippen molar-refractivity contribution >= 4 is 17.2 Å². The summed E-state index contributed by atoms with van der Waals surface area (Å²) in [4.78, 5) is 34.2. The zero-order valence-corrected chi connectivity index (χ0v) is 25.9. The predicted molar refractivity (Wildman–Crippen MR) is 166 cm³/mol. The number of nitrogens with one attached hydrogen (secondary N) is 1. The van der Waals surface area contributed by atoms with Gasteiger partial charge in [0.1, 0.15) is 11.3 Å². The van der Waals surface area contributed by atoms with Crippen LogP contribution in [0.2, 0.25) is 0 Å². The third-order valence-electron chi connectivity index (χ3n) is 8.79. The van der Waals surface area contributed by atoms with Crippen LogP contribution in [0.3, 0.4) is 0 Å². The first-order valence-corrected chi connectivity index (χ1v) is 15.7. The summed E-state index contributed by atoms with van der Waals surface area (Å²) in [6.07, 6.45) is 1.38. The van der Waals surface area contributed by atoms with Gasteiger partial charge in [-0.2, -0.15) is 18.3 Å². The van der Waals surface area contributed by atoms with Gasteiger partial charge >= 0.3 is 6.18 Å². The topological polar surface area (TPSA) is 92.1 Å². The van der Waals surface area contributed by atoms with E-state index in [1.54, 1.807) is 53.1 Å². The first-order chi connectivity index (χ1) is 22.1. The number of amides is 1. The third-order valence-corrected chi connectivity index (χ3v) is 8.79. The Bertz CT molecular complexity index is 1750. The fourth-order valence-corrected chi connectivity index (χ4v) is 6.28. The van der Waals surface area contributed by atoms with Crippen molar-refractivity contribution in [3.05, 3.63) is 88.5 Å². The minimum atomic E-state index is -4.52. The van der Waals surface area contributed by atoms with Crippen LogP contribution in [0.1, 0.15) is 70.9 Å². The van der Waals surface area contributed by atoms with Crippen LogP contribution in [0.5, 0.6) is 11.5 Å². The van der Waals surface area contributed by atoms with Gasteiger partial charge in [0.05, 0.1) is 30.1 Å². The minimum absolute atomic E-state index is 0.00283. The number of Topliss-reactive ketones (excluding diaryl/α,β-unsaturated/α-hetero) is 1. The monoisotopic (exact) mass is 634 g/mol. The second-order valence-electron chi connectivity index (χ2n) is 11.9. The largest absolute Gasteiger partial charge is 0.453 e. The molecule has 2 aliphatic rings. The molecular weight excluding hydrogens is 597 g/mol. The van der Waals surface area contributed by atoms with E-state index in [1.165, 1.54) is 6.07 Å². The highest BCUT2D eigenvalue weighted by Gasteiger charge is 2.35. The number of piperazine rings is 1. The van der Waals surface area contributed by atoms with Gasteiger partial charge in [0, 0.05) is 76.0 Å². The number of ketones is 1. The summed E-state index contributed by atoms with van der Waals surface area (Å²) in [5.74, 6) is 0.715. The molecule has 6 rings (SSSR count). The molecular formula is C34H37F3N6O3. The summed E-state index contributed by atoms with van der Waals surface area (Å²) in [5.41, 5.74) is 2.77. The molecule has 12 heteroatoms. The second kappa shape index (κ2) is 13.2. The van der Waals surface area contributed by atoms with Crippen LogP contribution in [0.25, 0.3) is 5.52 Å². The fraction of sp³-hybridized carbons (Fsp3) is 0.412. The molecule has 1 fully saturated rings. The number of nitrogens with zero attached hydrogens (tertiary/aromatic N) is 5. The van der Waals surface area contributed by atoms with Crippen LogP contribution in [0.4, 0.5) is 13.2 Å². The van der Waals surface area contributed by atoms with Gasteiger partial charge in [-0.15, -0.1) is 0 Å². The van der Waals surface area contributed by atoms with E-state index in [4.69, 9.17) is 9.72 Å². The van der Waals surface area contributed by atoms with Crippen LogP contribution in [0.15, 0.2) is 55.0 Å². The van der Waals surface area contributed by atoms with Crippen molar-refractivity contribution < 1.29 is 27.5 Å². The number of benzene rings is 1. The first-order valence-electron chi connectivity index (χ1n) is 15.7. The minimum Gasteiger partial charge on any atom is -0.453 e. The van der Waals surface area contributed by atoms with Crippen molar-refractivity contribution in [3.63, 3.8) is 0 Å². The Balaban J connectivity index is 1.20. The van der Waals surface area contributed by atoms with E-state index in [2.05, 4.69) is 10.4 Å². The van der Waals surface area contributed by atoms with Gasteiger partial charge in [0.25, 0.3) is 0 Å². The average molecular weight is 635 g/mol. The molecule has 1 atom stereocenters. The number of hydrogen-bond acceptors (Lipinski definition) is 7. The van der Waals surface area contributed by atoms with Gasteiger partial charge < -0.3 is 15.0 Å². The van der Waals surface area contributed by atoms with E-state index in [1.807, 2.05) is 17.9 Å². The highest BCUT2D eigenvalue weighted by Crippen LogP contribution is 2.36. The van der Waals surface area contributed by atoms with Gasteiger partial charge in [0.2, 0.25) is 5.91 Å². The highest BCUT2D eigenvalue weighted by atomic mass is 19.4. The van der Waals surface area contributed by atoms with Crippen LogP contribution in [-0.2, 0) is 30.5 Å². The van der Waals surface area contributed by atoms with Gasteiger partial charge in [-0.05, 0) is 41.3 Å². The van der Waals surface area contributed by atoms with Crippen LogP contribution in [-0.4, -0.2) is 68.8 Å². The normalized spacial score (nSPS) is 17.2. The molecule has 0 radical (unpaired) electrons. The smallest absolute Gasteiger partial charge is 0.416 e. The molecule has 46 heavy (non-hydrogen) atoms. The summed E-state index contributed by atoms with van der Waals surface area (Å²) in [7, 11) is 0. The molecule has 3 aromatic heterocycles.